The average Bonchev–Trinajstić information content (AvgIpc) is 2.81. The summed E-state index contributed by atoms with van der Waals surface area (Å²) >= 11 is 0. The van der Waals surface area contributed by atoms with Gasteiger partial charge in [0.2, 0.25) is 0 Å². The van der Waals surface area contributed by atoms with Crippen LogP contribution in [0.2, 0.25) is 0 Å². The molecule has 0 aromatic heterocycles. The third-order valence-corrected chi connectivity index (χ3v) is 6.36. The van der Waals surface area contributed by atoms with Gasteiger partial charge in [-0.05, 0) is 69.1 Å². The van der Waals surface area contributed by atoms with Gasteiger partial charge >= 0.3 is 5.97 Å². The van der Waals surface area contributed by atoms with Gasteiger partial charge in [-0.2, -0.15) is 0 Å². The van der Waals surface area contributed by atoms with Gasteiger partial charge in [0, 0.05) is 31.7 Å². The van der Waals surface area contributed by atoms with Gasteiger partial charge in [0.25, 0.3) is 5.91 Å². The molecular weight excluding hydrogens is 425 g/mol. The van der Waals surface area contributed by atoms with E-state index < -0.39 is 5.82 Å². The maximum absolute atomic E-state index is 15.3. The molecule has 182 valence electrons. The van der Waals surface area contributed by atoms with E-state index >= 15 is 4.39 Å². The summed E-state index contributed by atoms with van der Waals surface area (Å²) in [7, 11) is 3.02. The number of aliphatic imine (C=N–C) groups is 1. The molecule has 1 aliphatic carbocycles. The van der Waals surface area contributed by atoms with Crippen molar-refractivity contribution in [2.45, 2.75) is 58.8 Å². The number of rotatable bonds is 8. The number of methoxy groups -OCH3 is 1. The summed E-state index contributed by atoms with van der Waals surface area (Å²) < 4.78 is 25.5. The van der Waals surface area contributed by atoms with Crippen molar-refractivity contribution in [3.8, 4) is 0 Å². The Hall–Kier alpha value is -2.90. The van der Waals surface area contributed by atoms with Crippen molar-refractivity contribution in [3.05, 3.63) is 40.8 Å². The van der Waals surface area contributed by atoms with Crippen LogP contribution in [-0.4, -0.2) is 45.1 Å². The van der Waals surface area contributed by atoms with Crippen LogP contribution in [0.5, 0.6) is 0 Å². The Balaban J connectivity index is 2.17. The maximum Gasteiger partial charge on any atom is 0.305 e. The standard InChI is InChI=1S/C25H36FN3O4/c1-16(17(2)27)25(31)29(12-13-33-18(3)28-4)23-11-10-21(15-22(23)26)20-8-6-19(7-9-20)14-24(30)32-5/h10-11,15,19-20H,6-9,12-14,27H2,1-5H3/b17-16+,28-18?. The second-order valence-electron chi connectivity index (χ2n) is 8.56. The van der Waals surface area contributed by atoms with Crippen LogP contribution in [0.25, 0.3) is 0 Å². The summed E-state index contributed by atoms with van der Waals surface area (Å²) in [5.41, 5.74) is 7.67. The second kappa shape index (κ2) is 12.4. The summed E-state index contributed by atoms with van der Waals surface area (Å²) in [5.74, 6) is 0.0328. The number of carbonyl (C=O) groups is 2. The fraction of sp³-hybridized carbons (Fsp3) is 0.560. The third-order valence-electron chi connectivity index (χ3n) is 6.36. The first-order valence-electron chi connectivity index (χ1n) is 11.3. The van der Waals surface area contributed by atoms with Crippen molar-refractivity contribution < 1.29 is 23.5 Å². The predicted octanol–water partition coefficient (Wildman–Crippen LogP) is 4.31. The van der Waals surface area contributed by atoms with Crippen molar-refractivity contribution in [2.24, 2.45) is 16.6 Å². The minimum Gasteiger partial charge on any atom is -0.479 e. The number of allylic oxidation sites excluding steroid dienone is 1. The monoisotopic (exact) mass is 461 g/mol. The number of hydrogen-bond acceptors (Lipinski definition) is 6. The van der Waals surface area contributed by atoms with E-state index in [0.29, 0.717) is 29.5 Å². The van der Waals surface area contributed by atoms with E-state index in [1.807, 2.05) is 6.07 Å². The lowest BCUT2D eigenvalue weighted by molar-refractivity contribution is -0.142. The Bertz CT molecular complexity index is 901. The first kappa shape index (κ1) is 26.4. The predicted molar refractivity (Wildman–Crippen MR) is 128 cm³/mol. The van der Waals surface area contributed by atoms with Crippen LogP contribution in [0.1, 0.15) is 64.4 Å². The van der Waals surface area contributed by atoms with Crippen LogP contribution in [0.15, 0.2) is 34.5 Å². The molecule has 1 aliphatic rings. The Labute approximate surface area is 195 Å². The highest BCUT2D eigenvalue weighted by atomic mass is 19.1. The Morgan fingerprint density at radius 2 is 1.85 bits per heavy atom. The minimum absolute atomic E-state index is 0.158. The van der Waals surface area contributed by atoms with Crippen LogP contribution in [0.4, 0.5) is 10.1 Å². The summed E-state index contributed by atoms with van der Waals surface area (Å²) in [5, 5.41) is 0. The number of hydrogen-bond donors (Lipinski definition) is 1. The molecule has 0 atom stereocenters. The number of nitrogens with zero attached hydrogens (tertiary/aromatic N) is 2. The largest absolute Gasteiger partial charge is 0.479 e. The van der Waals surface area contributed by atoms with E-state index in [9.17, 15) is 9.59 Å². The fourth-order valence-corrected chi connectivity index (χ4v) is 4.07. The summed E-state index contributed by atoms with van der Waals surface area (Å²) in [6.45, 7) is 5.33. The maximum atomic E-state index is 15.3. The number of amides is 1. The molecule has 0 saturated heterocycles. The van der Waals surface area contributed by atoms with E-state index in [4.69, 9.17) is 15.2 Å². The number of esters is 1. The van der Waals surface area contributed by atoms with Crippen LogP contribution < -0.4 is 10.6 Å². The number of nitrogens with two attached hydrogens (primary N) is 1. The van der Waals surface area contributed by atoms with Crippen molar-refractivity contribution in [1.82, 2.24) is 0 Å². The van der Waals surface area contributed by atoms with Gasteiger partial charge < -0.3 is 20.1 Å². The molecule has 0 aliphatic heterocycles. The topological polar surface area (TPSA) is 94.2 Å². The van der Waals surface area contributed by atoms with Crippen LogP contribution >= 0.6 is 0 Å². The fourth-order valence-electron chi connectivity index (χ4n) is 4.07. The molecule has 2 N–H and O–H groups in total. The minimum atomic E-state index is -0.458. The average molecular weight is 462 g/mol. The molecule has 0 unspecified atom stereocenters. The summed E-state index contributed by atoms with van der Waals surface area (Å²) in [6, 6.07) is 5.07. The third kappa shape index (κ3) is 7.30. The van der Waals surface area contributed by atoms with Gasteiger partial charge in [-0.1, -0.05) is 6.07 Å². The van der Waals surface area contributed by atoms with E-state index in [1.54, 1.807) is 33.9 Å². The zero-order valence-corrected chi connectivity index (χ0v) is 20.3. The normalized spacial score (nSPS) is 19.5. The molecule has 1 aromatic rings. The molecule has 1 amide bonds. The zero-order chi connectivity index (χ0) is 24.5. The van der Waals surface area contributed by atoms with Crippen LogP contribution in [0, 0.1) is 11.7 Å². The van der Waals surface area contributed by atoms with Crippen LogP contribution in [-0.2, 0) is 19.1 Å². The number of anilines is 1. The quantitative estimate of drug-likeness (QED) is 0.269. The lowest BCUT2D eigenvalue weighted by Crippen LogP contribution is -2.36. The summed E-state index contributed by atoms with van der Waals surface area (Å²) in [6.07, 6.45) is 4.03. The Morgan fingerprint density at radius 1 is 1.18 bits per heavy atom. The Morgan fingerprint density at radius 3 is 2.39 bits per heavy atom. The van der Waals surface area contributed by atoms with Crippen molar-refractivity contribution in [2.75, 3.05) is 32.2 Å². The lowest BCUT2D eigenvalue weighted by Gasteiger charge is -2.29. The van der Waals surface area contributed by atoms with E-state index in [0.717, 1.165) is 31.2 Å². The van der Waals surface area contributed by atoms with Gasteiger partial charge in [-0.25, -0.2) is 4.39 Å². The van der Waals surface area contributed by atoms with Gasteiger partial charge in [-0.3, -0.25) is 14.6 Å². The molecule has 2 rings (SSSR count). The molecule has 0 spiro atoms. The Kier molecular flexibility index (Phi) is 9.88. The highest BCUT2D eigenvalue weighted by Gasteiger charge is 2.26. The number of benzene rings is 1. The van der Waals surface area contributed by atoms with E-state index in [2.05, 4.69) is 4.99 Å². The number of halogens is 1. The highest BCUT2D eigenvalue weighted by molar-refractivity contribution is 6.05. The molecule has 1 saturated carbocycles. The molecule has 1 aromatic carbocycles. The first-order valence-corrected chi connectivity index (χ1v) is 11.3. The smallest absolute Gasteiger partial charge is 0.305 e. The first-order chi connectivity index (χ1) is 15.7. The van der Waals surface area contributed by atoms with Crippen molar-refractivity contribution in [1.29, 1.82) is 0 Å². The highest BCUT2D eigenvalue weighted by Crippen LogP contribution is 2.38. The molecule has 0 bridgehead atoms. The molecule has 1 fully saturated rings. The van der Waals surface area contributed by atoms with Crippen LogP contribution in [0.3, 0.4) is 0 Å². The molecular formula is C25H36FN3O4. The molecule has 0 heterocycles. The molecule has 33 heavy (non-hydrogen) atoms. The molecule has 0 radical (unpaired) electrons. The van der Waals surface area contributed by atoms with Gasteiger partial charge in [0.05, 0.1) is 19.3 Å². The molecule has 7 nitrogen and oxygen atoms in total. The van der Waals surface area contributed by atoms with Gasteiger partial charge in [0.15, 0.2) is 5.90 Å². The van der Waals surface area contributed by atoms with Crippen molar-refractivity contribution in [3.63, 3.8) is 0 Å². The zero-order valence-electron chi connectivity index (χ0n) is 20.3. The van der Waals surface area contributed by atoms with Crippen molar-refractivity contribution >= 4 is 23.5 Å². The molecule has 8 heteroatoms. The number of carbonyl (C=O) groups excluding carboxylic acids is 2. The van der Waals surface area contributed by atoms with Gasteiger partial charge in [-0.15, -0.1) is 0 Å². The van der Waals surface area contributed by atoms with E-state index in [-0.39, 0.29) is 36.6 Å². The number of ether oxygens (including phenoxy) is 2. The van der Waals surface area contributed by atoms with Gasteiger partial charge in [0.1, 0.15) is 12.4 Å². The summed E-state index contributed by atoms with van der Waals surface area (Å²) in [4.78, 5) is 29.8. The second-order valence-corrected chi connectivity index (χ2v) is 8.56. The lowest BCUT2D eigenvalue weighted by atomic mass is 9.77. The van der Waals surface area contributed by atoms with E-state index in [1.165, 1.54) is 18.1 Å². The SMILES string of the molecule is CN=C(C)OCCN(C(=O)/C(C)=C(\C)N)c1ccc(C2CCC(CC(=O)OC)CC2)cc1F.